The fourth-order valence-corrected chi connectivity index (χ4v) is 3.42. The van der Waals surface area contributed by atoms with Gasteiger partial charge in [0.15, 0.2) is 5.37 Å². The molecule has 1 aromatic carbocycles. The van der Waals surface area contributed by atoms with Gasteiger partial charge in [0.2, 0.25) is 0 Å². The van der Waals surface area contributed by atoms with Crippen LogP contribution >= 0.6 is 11.9 Å². The average Bonchev–Trinajstić information content (AvgIpc) is 3.01. The van der Waals surface area contributed by atoms with Crippen LogP contribution in [-0.4, -0.2) is 58.2 Å². The maximum Gasteiger partial charge on any atom is 0.254 e. The van der Waals surface area contributed by atoms with E-state index in [1.165, 1.54) is 11.9 Å². The second-order valence-corrected chi connectivity index (χ2v) is 6.75. The van der Waals surface area contributed by atoms with E-state index in [1.807, 2.05) is 38.1 Å². The summed E-state index contributed by atoms with van der Waals surface area (Å²) < 4.78 is 3.02. The Morgan fingerprint density at radius 2 is 2.00 bits per heavy atom. The van der Waals surface area contributed by atoms with Crippen LogP contribution < -0.4 is 4.72 Å². The number of amides is 1. The standard InChI is InChI=1S/C16H20N6OS/c1-10-3-5-12(6-4-10)16(23)21-7-8-22(13(17)9-21)14(18)15-19-11(2)20-24-15/h3-6,15,17-18H,7-9H2,1-2H3,(H,19,20). The number of aliphatic imine (C=N–C) groups is 1. The number of rotatable bonds is 2. The summed E-state index contributed by atoms with van der Waals surface area (Å²) in [6.45, 7) is 4.98. The fraction of sp³-hybridized carbons (Fsp3) is 0.375. The van der Waals surface area contributed by atoms with Crippen molar-refractivity contribution >= 4 is 35.4 Å². The van der Waals surface area contributed by atoms with Gasteiger partial charge >= 0.3 is 0 Å². The number of hydrogen-bond acceptors (Lipinski definition) is 6. The third-order valence-corrected chi connectivity index (χ3v) is 4.96. The molecule has 0 saturated carbocycles. The topological polar surface area (TPSA) is 95.6 Å². The number of piperazine rings is 1. The zero-order chi connectivity index (χ0) is 17.3. The van der Waals surface area contributed by atoms with E-state index in [1.54, 1.807) is 9.80 Å². The average molecular weight is 344 g/mol. The predicted molar refractivity (Wildman–Crippen MR) is 96.9 cm³/mol. The monoisotopic (exact) mass is 344 g/mol. The second kappa shape index (κ2) is 6.64. The molecule has 2 aliphatic rings. The number of nitrogens with one attached hydrogen (secondary N) is 3. The summed E-state index contributed by atoms with van der Waals surface area (Å²) in [7, 11) is 0. The number of carbonyl (C=O) groups excluding carboxylic acids is 1. The van der Waals surface area contributed by atoms with Crippen molar-refractivity contribution in [3.8, 4) is 0 Å². The summed E-state index contributed by atoms with van der Waals surface area (Å²) >= 11 is 1.36. The molecule has 0 radical (unpaired) electrons. The molecule has 7 nitrogen and oxygen atoms in total. The van der Waals surface area contributed by atoms with Crippen molar-refractivity contribution in [2.45, 2.75) is 19.2 Å². The Bertz CT molecular complexity index is 714. The minimum atomic E-state index is -0.329. The van der Waals surface area contributed by atoms with Crippen molar-refractivity contribution in [3.05, 3.63) is 35.4 Å². The molecule has 1 atom stereocenters. The van der Waals surface area contributed by atoms with Gasteiger partial charge in [-0.05, 0) is 37.9 Å². The molecule has 0 bridgehead atoms. The van der Waals surface area contributed by atoms with E-state index in [-0.39, 0.29) is 29.5 Å². The van der Waals surface area contributed by atoms with Crippen molar-refractivity contribution in [2.24, 2.45) is 4.99 Å². The third-order valence-electron chi connectivity index (χ3n) is 4.00. The molecule has 126 valence electrons. The van der Waals surface area contributed by atoms with E-state index >= 15 is 0 Å². The number of aryl methyl sites for hydroxylation is 1. The first-order valence-corrected chi connectivity index (χ1v) is 8.59. The first kappa shape index (κ1) is 16.5. The van der Waals surface area contributed by atoms with Gasteiger partial charge in [0.05, 0.1) is 6.54 Å². The molecular weight excluding hydrogens is 324 g/mol. The third kappa shape index (κ3) is 3.28. The van der Waals surface area contributed by atoms with Crippen LogP contribution in [-0.2, 0) is 0 Å². The minimum absolute atomic E-state index is 0.0725. The highest BCUT2D eigenvalue weighted by Gasteiger charge is 2.32. The molecule has 2 heterocycles. The highest BCUT2D eigenvalue weighted by atomic mass is 32.2. The van der Waals surface area contributed by atoms with Gasteiger partial charge in [0.1, 0.15) is 17.5 Å². The Hall–Kier alpha value is -2.35. The predicted octanol–water partition coefficient (Wildman–Crippen LogP) is 1.70. The van der Waals surface area contributed by atoms with Crippen LogP contribution in [0.4, 0.5) is 0 Å². The number of hydrogen-bond donors (Lipinski definition) is 3. The molecule has 2 aliphatic heterocycles. The van der Waals surface area contributed by atoms with E-state index in [0.29, 0.717) is 18.7 Å². The Labute approximate surface area is 145 Å². The highest BCUT2D eigenvalue weighted by Crippen LogP contribution is 2.20. The molecule has 0 aromatic heterocycles. The smallest absolute Gasteiger partial charge is 0.254 e. The summed E-state index contributed by atoms with van der Waals surface area (Å²) in [6.07, 6.45) is 0. The lowest BCUT2D eigenvalue weighted by molar-refractivity contribution is 0.0757. The summed E-state index contributed by atoms with van der Waals surface area (Å²) in [5.74, 6) is 1.26. The van der Waals surface area contributed by atoms with E-state index in [9.17, 15) is 4.79 Å². The molecule has 1 saturated heterocycles. The van der Waals surface area contributed by atoms with Gasteiger partial charge in [-0.3, -0.25) is 15.6 Å². The zero-order valence-corrected chi connectivity index (χ0v) is 14.5. The van der Waals surface area contributed by atoms with Crippen LogP contribution in [0.15, 0.2) is 29.3 Å². The molecule has 1 unspecified atom stereocenters. The van der Waals surface area contributed by atoms with Crippen LogP contribution in [0.2, 0.25) is 0 Å². The van der Waals surface area contributed by atoms with Gasteiger partial charge in [-0.1, -0.05) is 17.7 Å². The van der Waals surface area contributed by atoms with Gasteiger partial charge in [0.25, 0.3) is 5.91 Å². The molecule has 1 aromatic rings. The summed E-state index contributed by atoms with van der Waals surface area (Å²) in [4.78, 5) is 20.2. The molecule has 0 aliphatic carbocycles. The maximum atomic E-state index is 12.6. The largest absolute Gasteiger partial charge is 0.329 e. The molecule has 0 spiro atoms. The van der Waals surface area contributed by atoms with Crippen molar-refractivity contribution in [2.75, 3.05) is 19.6 Å². The Kier molecular flexibility index (Phi) is 4.57. The van der Waals surface area contributed by atoms with Crippen molar-refractivity contribution < 1.29 is 4.79 Å². The van der Waals surface area contributed by atoms with Gasteiger partial charge in [-0.2, -0.15) is 0 Å². The lowest BCUT2D eigenvalue weighted by atomic mass is 10.1. The van der Waals surface area contributed by atoms with Gasteiger partial charge in [-0.15, -0.1) is 0 Å². The first-order chi connectivity index (χ1) is 11.5. The number of carbonyl (C=O) groups is 1. The van der Waals surface area contributed by atoms with Gasteiger partial charge < -0.3 is 14.5 Å². The molecule has 24 heavy (non-hydrogen) atoms. The van der Waals surface area contributed by atoms with E-state index in [2.05, 4.69) is 9.71 Å². The van der Waals surface area contributed by atoms with Crippen LogP contribution in [0.1, 0.15) is 22.8 Å². The lowest BCUT2D eigenvalue weighted by Crippen LogP contribution is -2.55. The molecule has 1 fully saturated rings. The SMILES string of the molecule is CC1=NC(C(=N)N2CCN(C(=O)c3ccc(C)cc3)CC2=N)SN1. The molecule has 3 N–H and O–H groups in total. The van der Waals surface area contributed by atoms with Crippen molar-refractivity contribution in [3.63, 3.8) is 0 Å². The molecule has 3 rings (SSSR count). The lowest BCUT2D eigenvalue weighted by Gasteiger charge is -2.37. The number of benzene rings is 1. The zero-order valence-electron chi connectivity index (χ0n) is 13.7. The van der Waals surface area contributed by atoms with Crippen molar-refractivity contribution in [1.82, 2.24) is 14.5 Å². The van der Waals surface area contributed by atoms with E-state index in [0.717, 1.165) is 11.4 Å². The second-order valence-electron chi connectivity index (χ2n) is 5.86. The Morgan fingerprint density at radius 1 is 1.29 bits per heavy atom. The fourth-order valence-electron chi connectivity index (χ4n) is 2.64. The number of amidine groups is 3. The Balaban J connectivity index is 1.65. The quantitative estimate of drug-likeness (QED) is 0.432. The summed E-state index contributed by atoms with van der Waals surface area (Å²) in [5.41, 5.74) is 1.74. The van der Waals surface area contributed by atoms with Gasteiger partial charge in [-0.25, -0.2) is 4.99 Å². The van der Waals surface area contributed by atoms with Crippen LogP contribution in [0.3, 0.4) is 0 Å². The Morgan fingerprint density at radius 3 is 2.58 bits per heavy atom. The number of nitrogens with zero attached hydrogens (tertiary/aromatic N) is 3. The summed E-state index contributed by atoms with van der Waals surface area (Å²) in [5, 5.41) is 16.2. The van der Waals surface area contributed by atoms with Crippen LogP contribution in [0.5, 0.6) is 0 Å². The molecule has 1 amide bonds. The molecule has 8 heteroatoms. The highest BCUT2D eigenvalue weighted by molar-refractivity contribution is 7.99. The van der Waals surface area contributed by atoms with Crippen LogP contribution in [0.25, 0.3) is 0 Å². The van der Waals surface area contributed by atoms with Crippen LogP contribution in [0, 0.1) is 17.7 Å². The maximum absolute atomic E-state index is 12.6. The van der Waals surface area contributed by atoms with E-state index in [4.69, 9.17) is 10.8 Å². The van der Waals surface area contributed by atoms with E-state index < -0.39 is 0 Å². The van der Waals surface area contributed by atoms with Crippen molar-refractivity contribution in [1.29, 1.82) is 10.8 Å². The molecular formula is C16H20N6OS. The first-order valence-electron chi connectivity index (χ1n) is 7.71. The summed E-state index contributed by atoms with van der Waals surface area (Å²) in [6, 6.07) is 7.45. The normalized spacial score (nSPS) is 20.7. The minimum Gasteiger partial charge on any atom is -0.329 e. The van der Waals surface area contributed by atoms with Gasteiger partial charge in [0, 0.05) is 18.7 Å².